The Hall–Kier alpha value is -2.69. The van der Waals surface area contributed by atoms with E-state index in [-0.39, 0.29) is 6.61 Å². The molecular weight excluding hydrogens is 336 g/mol. The van der Waals surface area contributed by atoms with Gasteiger partial charge in [0.1, 0.15) is 0 Å². The molecule has 1 heterocycles. The molecule has 0 aliphatic heterocycles. The van der Waals surface area contributed by atoms with Crippen molar-refractivity contribution in [1.29, 1.82) is 0 Å². The maximum atomic E-state index is 9.10. The van der Waals surface area contributed by atoms with Crippen molar-refractivity contribution in [3.05, 3.63) is 71.8 Å². The fourth-order valence-corrected chi connectivity index (χ4v) is 3.30. The minimum absolute atomic E-state index is 0.135. The molecule has 0 fully saturated rings. The van der Waals surface area contributed by atoms with Crippen LogP contribution in [0, 0.1) is 6.92 Å². The van der Waals surface area contributed by atoms with Gasteiger partial charge in [0.2, 0.25) is 5.88 Å². The fourth-order valence-electron chi connectivity index (χ4n) is 3.30. The summed E-state index contributed by atoms with van der Waals surface area (Å²) in [5.74, 6) is 0.627. The molecule has 4 heteroatoms. The average molecular weight is 362 g/mol. The van der Waals surface area contributed by atoms with Crippen molar-refractivity contribution >= 4 is 0 Å². The number of benzene rings is 2. The van der Waals surface area contributed by atoms with Crippen molar-refractivity contribution in [1.82, 2.24) is 9.88 Å². The lowest BCUT2D eigenvalue weighted by molar-refractivity contribution is 0.215. The summed E-state index contributed by atoms with van der Waals surface area (Å²) in [5, 5.41) is 9.10. The fraction of sp³-hybridized carbons (Fsp3) is 0.261. The summed E-state index contributed by atoms with van der Waals surface area (Å²) in [7, 11) is 3.62. The molecule has 3 rings (SSSR count). The van der Waals surface area contributed by atoms with E-state index in [1.807, 2.05) is 24.1 Å². The van der Waals surface area contributed by atoms with Crippen LogP contribution in [0.4, 0.5) is 0 Å². The molecule has 4 nitrogen and oxygen atoms in total. The molecule has 0 saturated carbocycles. The van der Waals surface area contributed by atoms with Crippen molar-refractivity contribution in [2.75, 3.05) is 27.3 Å². The first-order chi connectivity index (χ1) is 13.1. The summed E-state index contributed by atoms with van der Waals surface area (Å²) in [5.41, 5.74) is 6.62. The van der Waals surface area contributed by atoms with Crippen LogP contribution in [0.15, 0.2) is 60.7 Å². The maximum Gasteiger partial charge on any atom is 0.218 e. The molecule has 0 radical (unpaired) electrons. The highest BCUT2D eigenvalue weighted by atomic mass is 16.5. The molecule has 27 heavy (non-hydrogen) atoms. The molecule has 0 amide bonds. The Kier molecular flexibility index (Phi) is 6.22. The SMILES string of the molecule is COc1nc(-c2cccc(-c3ccccc3)c2C)ccc1CN(C)CCO. The quantitative estimate of drug-likeness (QED) is 0.686. The Balaban J connectivity index is 1.97. The Morgan fingerprint density at radius 1 is 0.963 bits per heavy atom. The van der Waals surface area contributed by atoms with E-state index >= 15 is 0 Å². The van der Waals surface area contributed by atoms with E-state index in [4.69, 9.17) is 14.8 Å². The molecule has 0 unspecified atom stereocenters. The van der Waals surface area contributed by atoms with Gasteiger partial charge in [-0.1, -0.05) is 54.6 Å². The Morgan fingerprint density at radius 3 is 2.41 bits per heavy atom. The zero-order valence-electron chi connectivity index (χ0n) is 16.1. The van der Waals surface area contributed by atoms with Gasteiger partial charge in [0.15, 0.2) is 0 Å². The summed E-state index contributed by atoms with van der Waals surface area (Å²) in [6, 6.07) is 20.8. The van der Waals surface area contributed by atoms with Crippen LogP contribution in [0.1, 0.15) is 11.1 Å². The van der Waals surface area contributed by atoms with Gasteiger partial charge in [0.25, 0.3) is 0 Å². The lowest BCUT2D eigenvalue weighted by atomic mass is 9.94. The first kappa shape index (κ1) is 19.1. The lowest BCUT2D eigenvalue weighted by Gasteiger charge is -2.18. The third-order valence-electron chi connectivity index (χ3n) is 4.75. The molecule has 3 aromatic rings. The monoisotopic (exact) mass is 362 g/mol. The van der Waals surface area contributed by atoms with Gasteiger partial charge in [-0.15, -0.1) is 0 Å². The molecule has 0 bridgehead atoms. The minimum Gasteiger partial charge on any atom is -0.481 e. The Morgan fingerprint density at radius 2 is 1.70 bits per heavy atom. The highest BCUT2D eigenvalue weighted by Gasteiger charge is 2.13. The number of pyridine rings is 1. The number of methoxy groups -OCH3 is 1. The zero-order chi connectivity index (χ0) is 19.2. The number of likely N-dealkylation sites (N-methyl/N-ethyl adjacent to an activating group) is 1. The van der Waals surface area contributed by atoms with E-state index in [2.05, 4.69) is 55.5 Å². The molecule has 0 spiro atoms. The van der Waals surface area contributed by atoms with Crippen molar-refractivity contribution < 1.29 is 9.84 Å². The summed E-state index contributed by atoms with van der Waals surface area (Å²) in [4.78, 5) is 6.80. The predicted molar refractivity (Wildman–Crippen MR) is 110 cm³/mol. The molecule has 0 saturated heterocycles. The lowest BCUT2D eigenvalue weighted by Crippen LogP contribution is -2.22. The molecule has 0 aliphatic rings. The van der Waals surface area contributed by atoms with Crippen LogP contribution in [0.5, 0.6) is 5.88 Å². The highest BCUT2D eigenvalue weighted by molar-refractivity contribution is 5.77. The second kappa shape index (κ2) is 8.80. The third-order valence-corrected chi connectivity index (χ3v) is 4.75. The van der Waals surface area contributed by atoms with Gasteiger partial charge in [-0.3, -0.25) is 4.90 Å². The molecular formula is C23H26N2O2. The molecule has 140 valence electrons. The van der Waals surface area contributed by atoms with Crippen molar-refractivity contribution in [2.24, 2.45) is 0 Å². The number of hydrogen-bond donors (Lipinski definition) is 1. The summed E-state index contributed by atoms with van der Waals surface area (Å²) >= 11 is 0. The van der Waals surface area contributed by atoms with Crippen LogP contribution in [-0.4, -0.2) is 42.3 Å². The van der Waals surface area contributed by atoms with Crippen molar-refractivity contribution in [3.8, 4) is 28.3 Å². The molecule has 2 aromatic carbocycles. The van der Waals surface area contributed by atoms with E-state index < -0.39 is 0 Å². The standard InChI is InChI=1S/C23H26N2O2/c1-17-20(18-8-5-4-6-9-18)10-7-11-21(17)22-13-12-19(23(24-22)27-3)16-25(2)14-15-26/h4-13,26H,14-16H2,1-3H3. The normalized spacial score (nSPS) is 11.0. The zero-order valence-corrected chi connectivity index (χ0v) is 16.1. The molecule has 0 atom stereocenters. The number of aliphatic hydroxyl groups excluding tert-OH is 1. The van der Waals surface area contributed by atoms with Gasteiger partial charge in [-0.2, -0.15) is 0 Å². The van der Waals surface area contributed by atoms with E-state index in [0.717, 1.165) is 16.8 Å². The average Bonchev–Trinajstić information content (AvgIpc) is 2.69. The maximum absolute atomic E-state index is 9.10. The predicted octanol–water partition coefficient (Wildman–Crippen LogP) is 4.16. The second-order valence-electron chi connectivity index (χ2n) is 6.67. The van der Waals surface area contributed by atoms with E-state index in [9.17, 15) is 0 Å². The first-order valence-corrected chi connectivity index (χ1v) is 9.12. The number of aromatic nitrogens is 1. The topological polar surface area (TPSA) is 45.6 Å². The van der Waals surface area contributed by atoms with Gasteiger partial charge < -0.3 is 9.84 Å². The smallest absolute Gasteiger partial charge is 0.218 e. The van der Waals surface area contributed by atoms with Crippen molar-refractivity contribution in [3.63, 3.8) is 0 Å². The van der Waals surface area contributed by atoms with Crippen LogP contribution in [-0.2, 0) is 6.54 Å². The van der Waals surface area contributed by atoms with Crippen LogP contribution in [0.3, 0.4) is 0 Å². The van der Waals surface area contributed by atoms with Crippen LogP contribution >= 0.6 is 0 Å². The third kappa shape index (κ3) is 4.35. The van der Waals surface area contributed by atoms with Crippen LogP contribution in [0.2, 0.25) is 0 Å². The number of aliphatic hydroxyl groups is 1. The highest BCUT2D eigenvalue weighted by Crippen LogP contribution is 2.32. The van der Waals surface area contributed by atoms with Gasteiger partial charge in [0, 0.05) is 24.2 Å². The minimum atomic E-state index is 0.135. The van der Waals surface area contributed by atoms with E-state index in [0.29, 0.717) is 19.0 Å². The summed E-state index contributed by atoms with van der Waals surface area (Å²) in [6.45, 7) is 3.56. The van der Waals surface area contributed by atoms with Gasteiger partial charge in [-0.05, 0) is 36.7 Å². The summed E-state index contributed by atoms with van der Waals surface area (Å²) < 4.78 is 5.54. The van der Waals surface area contributed by atoms with Crippen molar-refractivity contribution in [2.45, 2.75) is 13.5 Å². The first-order valence-electron chi connectivity index (χ1n) is 9.12. The largest absolute Gasteiger partial charge is 0.481 e. The molecule has 0 aliphatic carbocycles. The number of ether oxygens (including phenoxy) is 1. The number of nitrogens with zero attached hydrogens (tertiary/aromatic N) is 2. The van der Waals surface area contributed by atoms with E-state index in [1.165, 1.54) is 16.7 Å². The summed E-state index contributed by atoms with van der Waals surface area (Å²) in [6.07, 6.45) is 0. The van der Waals surface area contributed by atoms with Crippen LogP contribution in [0.25, 0.3) is 22.4 Å². The molecule has 1 aromatic heterocycles. The van der Waals surface area contributed by atoms with E-state index in [1.54, 1.807) is 7.11 Å². The second-order valence-corrected chi connectivity index (χ2v) is 6.67. The Bertz CT molecular complexity index is 894. The molecule has 1 N–H and O–H groups in total. The van der Waals surface area contributed by atoms with Gasteiger partial charge in [0.05, 0.1) is 19.4 Å². The number of hydrogen-bond acceptors (Lipinski definition) is 4. The van der Waals surface area contributed by atoms with Crippen LogP contribution < -0.4 is 4.74 Å². The number of rotatable bonds is 7. The van der Waals surface area contributed by atoms with Gasteiger partial charge >= 0.3 is 0 Å². The van der Waals surface area contributed by atoms with Gasteiger partial charge in [-0.25, -0.2) is 4.98 Å². The Labute approximate surface area is 161 Å².